The van der Waals surface area contributed by atoms with E-state index in [1.165, 1.54) is 0 Å². The van der Waals surface area contributed by atoms with Crippen molar-refractivity contribution in [2.24, 2.45) is 5.14 Å². The fourth-order valence-corrected chi connectivity index (χ4v) is 4.18. The minimum atomic E-state index is -3.71. The zero-order chi connectivity index (χ0) is 17.6. The first-order valence-corrected chi connectivity index (χ1v) is 10.2. The first-order chi connectivity index (χ1) is 11.9. The Morgan fingerprint density at radius 1 is 1.12 bits per heavy atom. The van der Waals surface area contributed by atoms with Crippen LogP contribution in [-0.2, 0) is 23.0 Å². The number of rotatable bonds is 3. The Labute approximate surface area is 154 Å². The summed E-state index contributed by atoms with van der Waals surface area (Å²) in [6.45, 7) is 2.55. The first-order valence-electron chi connectivity index (χ1n) is 7.90. The van der Waals surface area contributed by atoms with E-state index in [9.17, 15) is 8.42 Å². The fourth-order valence-electron chi connectivity index (χ4n) is 3.20. The van der Waals surface area contributed by atoms with Crippen LogP contribution in [0.2, 0.25) is 0 Å². The molecule has 0 atom stereocenters. The molecule has 2 aromatic rings. The predicted octanol–water partition coefficient (Wildman–Crippen LogP) is 2.43. The van der Waals surface area contributed by atoms with Gasteiger partial charge in [0.2, 0.25) is 10.0 Å². The quantitative estimate of drug-likeness (QED) is 0.817. The third-order valence-corrected chi connectivity index (χ3v) is 6.10. The molecule has 0 unspecified atom stereocenters. The minimum Gasteiger partial charge on any atom is -0.486 e. The molecule has 8 heteroatoms. The Kier molecular flexibility index (Phi) is 4.13. The van der Waals surface area contributed by atoms with Crippen molar-refractivity contribution in [1.29, 1.82) is 0 Å². The fraction of sp³-hybridized carbons (Fsp3) is 0.294. The summed E-state index contributed by atoms with van der Waals surface area (Å²) in [5, 5.41) is 5.27. The number of hydrogen-bond donors (Lipinski definition) is 1. The molecule has 0 aliphatic carbocycles. The molecule has 0 saturated heterocycles. The molecule has 0 radical (unpaired) electrons. The molecule has 0 bridgehead atoms. The Bertz CT molecular complexity index is 946. The van der Waals surface area contributed by atoms with E-state index in [0.717, 1.165) is 45.8 Å². The number of primary sulfonamides is 1. The summed E-state index contributed by atoms with van der Waals surface area (Å²) < 4.78 is 35.5. The highest BCUT2D eigenvalue weighted by molar-refractivity contribution is 9.10. The van der Waals surface area contributed by atoms with Crippen LogP contribution in [0.25, 0.3) is 0 Å². The molecule has 2 aliphatic heterocycles. The van der Waals surface area contributed by atoms with Crippen molar-refractivity contribution in [2.75, 3.05) is 24.7 Å². The summed E-state index contributed by atoms with van der Waals surface area (Å²) >= 11 is 3.59. The Balaban J connectivity index is 1.66. The van der Waals surface area contributed by atoms with E-state index in [-0.39, 0.29) is 4.90 Å². The maximum absolute atomic E-state index is 11.6. The lowest BCUT2D eigenvalue weighted by molar-refractivity contribution is 0.171. The van der Waals surface area contributed by atoms with Crippen LogP contribution in [0.5, 0.6) is 11.5 Å². The van der Waals surface area contributed by atoms with Gasteiger partial charge in [0, 0.05) is 23.2 Å². The normalized spacial score (nSPS) is 16.0. The second-order valence-electron chi connectivity index (χ2n) is 6.09. The zero-order valence-electron chi connectivity index (χ0n) is 13.4. The molecule has 4 rings (SSSR count). The molecule has 0 aromatic heterocycles. The summed E-state index contributed by atoms with van der Waals surface area (Å²) in [6, 6.07) is 8.96. The molecule has 0 fully saturated rings. The number of fused-ring (bicyclic) bond motifs is 2. The van der Waals surface area contributed by atoms with Gasteiger partial charge in [0.1, 0.15) is 13.2 Å². The van der Waals surface area contributed by atoms with Gasteiger partial charge in [-0.05, 0) is 41.8 Å². The molecule has 2 N–H and O–H groups in total. The third kappa shape index (κ3) is 3.21. The standard InChI is InChI=1S/C17H17BrN2O4S/c18-14-9-17-16(23-5-6-24-17)7-12(14)10-20-4-3-11-1-2-13(8-15(11)20)25(19,21)22/h1-2,7-9H,3-6,10H2,(H2,19,21,22). The number of nitrogens with two attached hydrogens (primary N) is 1. The summed E-state index contributed by atoms with van der Waals surface area (Å²) in [5.74, 6) is 1.47. The average Bonchev–Trinajstić information content (AvgIpc) is 2.97. The van der Waals surface area contributed by atoms with Gasteiger partial charge < -0.3 is 14.4 Å². The molecule has 2 aliphatic rings. The highest BCUT2D eigenvalue weighted by atomic mass is 79.9. The molecule has 0 spiro atoms. The molecule has 2 aromatic carbocycles. The van der Waals surface area contributed by atoms with E-state index >= 15 is 0 Å². The first kappa shape index (κ1) is 16.7. The van der Waals surface area contributed by atoms with Crippen molar-refractivity contribution in [2.45, 2.75) is 17.9 Å². The molecule has 2 heterocycles. The minimum absolute atomic E-state index is 0.138. The summed E-state index contributed by atoms with van der Waals surface area (Å²) in [4.78, 5) is 2.29. The van der Waals surface area contributed by atoms with Crippen molar-refractivity contribution < 1.29 is 17.9 Å². The van der Waals surface area contributed by atoms with Crippen LogP contribution in [-0.4, -0.2) is 28.2 Å². The zero-order valence-corrected chi connectivity index (χ0v) is 15.8. The maximum atomic E-state index is 11.6. The second kappa shape index (κ2) is 6.19. The number of nitrogens with zero attached hydrogens (tertiary/aromatic N) is 1. The number of hydrogen-bond acceptors (Lipinski definition) is 5. The summed E-state index contributed by atoms with van der Waals surface area (Å²) in [6.07, 6.45) is 0.877. The summed E-state index contributed by atoms with van der Waals surface area (Å²) in [7, 11) is -3.71. The van der Waals surface area contributed by atoms with Crippen LogP contribution in [0.15, 0.2) is 39.7 Å². The highest BCUT2D eigenvalue weighted by Crippen LogP contribution is 2.38. The van der Waals surface area contributed by atoms with E-state index in [2.05, 4.69) is 20.8 Å². The molecule has 6 nitrogen and oxygen atoms in total. The van der Waals surface area contributed by atoms with Gasteiger partial charge in [-0.15, -0.1) is 0 Å². The van der Waals surface area contributed by atoms with Crippen LogP contribution < -0.4 is 19.5 Å². The lowest BCUT2D eigenvalue weighted by atomic mass is 10.1. The Morgan fingerprint density at radius 2 is 1.84 bits per heavy atom. The average molecular weight is 425 g/mol. The monoisotopic (exact) mass is 424 g/mol. The smallest absolute Gasteiger partial charge is 0.238 e. The van der Waals surface area contributed by atoms with Crippen molar-refractivity contribution in [3.63, 3.8) is 0 Å². The topological polar surface area (TPSA) is 81.9 Å². The van der Waals surface area contributed by atoms with Crippen molar-refractivity contribution in [3.8, 4) is 11.5 Å². The van der Waals surface area contributed by atoms with Gasteiger partial charge in [0.05, 0.1) is 4.90 Å². The highest BCUT2D eigenvalue weighted by Gasteiger charge is 2.23. The van der Waals surface area contributed by atoms with Crippen LogP contribution in [0.1, 0.15) is 11.1 Å². The molecule has 0 saturated carbocycles. The molecular formula is C17H17BrN2O4S. The Hall–Kier alpha value is -1.77. The predicted molar refractivity (Wildman–Crippen MR) is 97.7 cm³/mol. The van der Waals surface area contributed by atoms with E-state index in [1.54, 1.807) is 12.1 Å². The number of sulfonamides is 1. The third-order valence-electron chi connectivity index (χ3n) is 4.45. The van der Waals surface area contributed by atoms with Gasteiger partial charge in [-0.25, -0.2) is 13.6 Å². The van der Waals surface area contributed by atoms with Gasteiger partial charge in [-0.2, -0.15) is 0 Å². The maximum Gasteiger partial charge on any atom is 0.238 e. The molecule has 0 amide bonds. The molecule has 132 valence electrons. The number of halogens is 1. The lowest BCUT2D eigenvalue weighted by Gasteiger charge is -2.23. The van der Waals surface area contributed by atoms with Gasteiger partial charge in [-0.3, -0.25) is 0 Å². The van der Waals surface area contributed by atoms with Crippen LogP contribution in [0.3, 0.4) is 0 Å². The second-order valence-corrected chi connectivity index (χ2v) is 8.51. The van der Waals surface area contributed by atoms with Gasteiger partial charge in [0.25, 0.3) is 0 Å². The van der Waals surface area contributed by atoms with Gasteiger partial charge in [0.15, 0.2) is 11.5 Å². The van der Waals surface area contributed by atoms with E-state index < -0.39 is 10.0 Å². The largest absolute Gasteiger partial charge is 0.486 e. The SMILES string of the molecule is NS(=O)(=O)c1ccc2c(c1)N(Cc1cc3c(cc1Br)OCCO3)CC2. The Morgan fingerprint density at radius 3 is 2.56 bits per heavy atom. The van der Waals surface area contributed by atoms with E-state index in [1.807, 2.05) is 18.2 Å². The van der Waals surface area contributed by atoms with E-state index in [4.69, 9.17) is 14.6 Å². The lowest BCUT2D eigenvalue weighted by Crippen LogP contribution is -2.21. The number of anilines is 1. The van der Waals surface area contributed by atoms with Gasteiger partial charge in [-0.1, -0.05) is 22.0 Å². The number of ether oxygens (including phenoxy) is 2. The van der Waals surface area contributed by atoms with Crippen molar-refractivity contribution >= 4 is 31.6 Å². The number of benzene rings is 2. The van der Waals surface area contributed by atoms with Crippen LogP contribution >= 0.6 is 15.9 Å². The molecular weight excluding hydrogens is 408 g/mol. The summed E-state index contributed by atoms with van der Waals surface area (Å²) in [5.41, 5.74) is 3.09. The van der Waals surface area contributed by atoms with Crippen molar-refractivity contribution in [3.05, 3.63) is 45.9 Å². The van der Waals surface area contributed by atoms with Crippen molar-refractivity contribution in [1.82, 2.24) is 0 Å². The molecule has 25 heavy (non-hydrogen) atoms. The van der Waals surface area contributed by atoms with Gasteiger partial charge >= 0.3 is 0 Å². The van der Waals surface area contributed by atoms with Crippen LogP contribution in [0.4, 0.5) is 5.69 Å². The van der Waals surface area contributed by atoms with E-state index in [0.29, 0.717) is 19.8 Å². The van der Waals surface area contributed by atoms with Crippen LogP contribution in [0, 0.1) is 0 Å².